The van der Waals surface area contributed by atoms with Gasteiger partial charge in [-0.1, -0.05) is 6.55 Å². The summed E-state index contributed by atoms with van der Waals surface area (Å²) in [5, 5.41) is 0. The van der Waals surface area contributed by atoms with Crippen molar-refractivity contribution in [3.8, 4) is 0 Å². The molecule has 9 heavy (non-hydrogen) atoms. The highest BCUT2D eigenvalue weighted by Gasteiger charge is 2.40. The van der Waals surface area contributed by atoms with Crippen LogP contribution in [0.25, 0.3) is 0 Å². The SMILES string of the molecule is C[Si]12[Si][Si][Si]([Si][Si]1)[Si][Si]2. The molecule has 8 heteroatoms. The lowest BCUT2D eigenvalue weighted by atomic mass is 11.9. The molecule has 0 aromatic rings. The van der Waals surface area contributed by atoms with Gasteiger partial charge in [-0.25, -0.2) is 0 Å². The molecular weight excluding hydrogens is 237 g/mol. The molecule has 3 aliphatic heterocycles. The second-order valence-electron chi connectivity index (χ2n) is 2.25. The first-order chi connectivity index (χ1) is 4.29. The molecule has 0 amide bonds. The minimum Gasteiger partial charge on any atom is -0.0765 e. The van der Waals surface area contributed by atoms with Crippen LogP contribution in [0.1, 0.15) is 0 Å². The van der Waals surface area contributed by atoms with Crippen molar-refractivity contribution in [1.29, 1.82) is 0 Å². The van der Waals surface area contributed by atoms with Gasteiger partial charge < -0.3 is 0 Å². The van der Waals surface area contributed by atoms with E-state index in [0.717, 1.165) is 0 Å². The summed E-state index contributed by atoms with van der Waals surface area (Å²) in [7, 11) is 9.66. The van der Waals surface area contributed by atoms with Crippen LogP contribution < -0.4 is 0 Å². The van der Waals surface area contributed by atoms with Gasteiger partial charge in [-0.05, 0) is 0 Å². The first-order valence-corrected chi connectivity index (χ1v) is 21.8. The quantitative estimate of drug-likeness (QED) is 0.412. The van der Waals surface area contributed by atoms with E-state index in [1.54, 1.807) is 51.3 Å². The fraction of sp³-hybridized carbons (Fsp3) is 1.00. The Bertz CT molecular complexity index is 98.0. The van der Waals surface area contributed by atoms with E-state index >= 15 is 0 Å². The summed E-state index contributed by atoms with van der Waals surface area (Å²) in [6.45, 7) is 2.29. The van der Waals surface area contributed by atoms with E-state index in [1.807, 2.05) is 0 Å². The third-order valence-corrected chi connectivity index (χ3v) is 86.1. The van der Waals surface area contributed by atoms with E-state index in [1.165, 1.54) is 0 Å². The zero-order chi connectivity index (χ0) is 6.32. The third-order valence-electron chi connectivity index (χ3n) is 1.31. The van der Waals surface area contributed by atoms with Crippen molar-refractivity contribution in [3.05, 3.63) is 0 Å². The molecule has 0 aromatic heterocycles. The van der Waals surface area contributed by atoms with Crippen molar-refractivity contribution >= 4 is 65.3 Å². The van der Waals surface area contributed by atoms with Gasteiger partial charge in [0.25, 0.3) is 0 Å². The molecule has 0 aliphatic carbocycles. The van der Waals surface area contributed by atoms with Crippen molar-refractivity contribution < 1.29 is 0 Å². The highest BCUT2D eigenvalue weighted by molar-refractivity contribution is 8.10. The number of rotatable bonds is 0. The Labute approximate surface area is 71.6 Å². The van der Waals surface area contributed by atoms with Crippen LogP contribution in [0, 0.1) is 0 Å². The first kappa shape index (κ1) is 7.39. The summed E-state index contributed by atoms with van der Waals surface area (Å²) < 4.78 is 0. The Morgan fingerprint density at radius 2 is 1.44 bits per heavy atom. The van der Waals surface area contributed by atoms with Crippen LogP contribution in [0.5, 0.6) is 0 Å². The zero-order valence-electron chi connectivity index (χ0n) is 5.00. The number of hydrogen-bond acceptors (Lipinski definition) is 0. The molecule has 0 saturated carbocycles. The van der Waals surface area contributed by atoms with Crippen LogP contribution in [0.15, 0.2) is 0 Å². The van der Waals surface area contributed by atoms with Gasteiger partial charge in [0, 0.05) is 65.3 Å². The van der Waals surface area contributed by atoms with E-state index in [2.05, 4.69) is 6.55 Å². The highest BCUT2D eigenvalue weighted by atomic mass is 30.4. The van der Waals surface area contributed by atoms with Crippen LogP contribution in [0.2, 0.25) is 6.55 Å². The summed E-state index contributed by atoms with van der Waals surface area (Å²) in [4.78, 5) is 0. The predicted octanol–water partition coefficient (Wildman–Crippen LogP) is -2.46. The predicted molar refractivity (Wildman–Crippen MR) is 51.9 cm³/mol. The lowest BCUT2D eigenvalue weighted by molar-refractivity contribution is 2.29. The maximum Gasteiger partial charge on any atom is 0.00846 e. The Morgan fingerprint density at radius 1 is 1.00 bits per heavy atom. The van der Waals surface area contributed by atoms with E-state index in [-0.39, 0.29) is 0 Å². The van der Waals surface area contributed by atoms with Crippen LogP contribution in [-0.2, 0) is 0 Å². The zero-order valence-corrected chi connectivity index (χ0v) is 13.0. The molecule has 3 saturated heterocycles. The summed E-state index contributed by atoms with van der Waals surface area (Å²) in [5.41, 5.74) is 0. The Morgan fingerprint density at radius 3 is 1.67 bits per heavy atom. The molecule has 0 aromatic carbocycles. The lowest BCUT2D eigenvalue weighted by Gasteiger charge is -2.39. The van der Waals surface area contributed by atoms with Crippen LogP contribution in [-0.4, -0.2) is 65.3 Å². The van der Waals surface area contributed by atoms with E-state index in [4.69, 9.17) is 0 Å². The van der Waals surface area contributed by atoms with Crippen molar-refractivity contribution in [2.45, 2.75) is 6.55 Å². The summed E-state index contributed by atoms with van der Waals surface area (Å²) in [6, 6.07) is 0. The molecule has 0 unspecified atom stereocenters. The van der Waals surface area contributed by atoms with Crippen LogP contribution in [0.4, 0.5) is 0 Å². The molecule has 3 aliphatic rings. The molecule has 3 fully saturated rings. The van der Waals surface area contributed by atoms with Crippen molar-refractivity contribution in [2.75, 3.05) is 0 Å². The Kier molecular flexibility index (Phi) is 2.18. The van der Waals surface area contributed by atoms with Gasteiger partial charge in [0.1, 0.15) is 0 Å². The van der Waals surface area contributed by atoms with Gasteiger partial charge >= 0.3 is 0 Å². The monoisotopic (exact) mass is 239 g/mol. The number of fused-ring (bicyclic) bond motifs is 3. The molecule has 39 valence electrons. The van der Waals surface area contributed by atoms with Crippen molar-refractivity contribution in [1.82, 2.24) is 0 Å². The Balaban J connectivity index is 2.11. The topological polar surface area (TPSA) is 0 Å². The average Bonchev–Trinajstić information content (AvgIpc) is 1.90. The van der Waals surface area contributed by atoms with Gasteiger partial charge in [-0.3, -0.25) is 0 Å². The fourth-order valence-electron chi connectivity index (χ4n) is 0.750. The standard InChI is InChI=1S/CH3Si8/c1-9-5-2-8(3-6-9)4-7-9/h1H3. The molecule has 2 bridgehead atoms. The van der Waals surface area contributed by atoms with Crippen LogP contribution >= 0.6 is 0 Å². The summed E-state index contributed by atoms with van der Waals surface area (Å²) in [5.74, 6) is 0. The normalized spacial score (nSPS) is 33.0. The van der Waals surface area contributed by atoms with Gasteiger partial charge in [0.05, 0.1) is 0 Å². The maximum absolute atomic E-state index is 2.69. The van der Waals surface area contributed by atoms with Gasteiger partial charge in [0.2, 0.25) is 0 Å². The van der Waals surface area contributed by atoms with Gasteiger partial charge in [-0.2, -0.15) is 0 Å². The summed E-state index contributed by atoms with van der Waals surface area (Å²) in [6.07, 6.45) is 0. The second-order valence-corrected chi connectivity index (χ2v) is 47.2. The molecule has 3 rings (SSSR count). The molecular formula is CH3Si8. The highest BCUT2D eigenvalue weighted by Crippen LogP contribution is 2.05. The average molecular weight is 240 g/mol. The van der Waals surface area contributed by atoms with E-state index in [0.29, 0.717) is 7.35 Å². The lowest BCUT2D eigenvalue weighted by Crippen LogP contribution is -2.75. The number of hydrogen-bond donors (Lipinski definition) is 0. The van der Waals surface area contributed by atoms with Gasteiger partial charge in [-0.15, -0.1) is 0 Å². The molecule has 0 nitrogen and oxygen atoms in total. The van der Waals surface area contributed by atoms with E-state index in [9.17, 15) is 0 Å². The minimum atomic E-state index is -0.399. The van der Waals surface area contributed by atoms with Gasteiger partial charge in [0.15, 0.2) is 0 Å². The smallest absolute Gasteiger partial charge is 0.00846 e. The fourth-order valence-corrected chi connectivity index (χ4v) is 152. The molecule has 0 spiro atoms. The minimum absolute atomic E-state index is 0.396. The second kappa shape index (κ2) is 2.65. The first-order valence-electron chi connectivity index (χ1n) is 2.75. The van der Waals surface area contributed by atoms with E-state index < -0.39 is 6.63 Å². The van der Waals surface area contributed by atoms with Crippen molar-refractivity contribution in [2.24, 2.45) is 0 Å². The molecule has 0 atom stereocenters. The van der Waals surface area contributed by atoms with Crippen LogP contribution in [0.3, 0.4) is 0 Å². The molecule has 0 N–H and O–H groups in total. The molecule has 13 radical (unpaired) electrons. The Hall–Kier alpha value is 1.74. The van der Waals surface area contributed by atoms with Crippen molar-refractivity contribution in [3.63, 3.8) is 0 Å². The molecule has 3 heterocycles. The largest absolute Gasteiger partial charge is 0.0765 e. The maximum atomic E-state index is 2.69. The third kappa shape index (κ3) is 1.50. The summed E-state index contributed by atoms with van der Waals surface area (Å²) >= 11 is 0.